The van der Waals surface area contributed by atoms with Gasteiger partial charge in [0.1, 0.15) is 5.82 Å². The quantitative estimate of drug-likeness (QED) is 0.758. The van der Waals surface area contributed by atoms with E-state index in [1.807, 2.05) is 58.2 Å². The van der Waals surface area contributed by atoms with Crippen LogP contribution in [0, 0.1) is 12.3 Å². The molecule has 0 aliphatic rings. The average Bonchev–Trinajstić information content (AvgIpc) is 2.91. The summed E-state index contributed by atoms with van der Waals surface area (Å²) in [6.07, 6.45) is 1.83. The Hall–Kier alpha value is -2.89. The molecule has 0 spiro atoms. The van der Waals surface area contributed by atoms with Gasteiger partial charge in [0.05, 0.1) is 11.9 Å². The number of fused-ring (bicyclic) bond motifs is 1. The summed E-state index contributed by atoms with van der Waals surface area (Å²) >= 11 is 0. The van der Waals surface area contributed by atoms with E-state index >= 15 is 0 Å². The van der Waals surface area contributed by atoms with Crippen molar-refractivity contribution < 1.29 is 4.79 Å². The highest BCUT2D eigenvalue weighted by Gasteiger charge is 2.22. The summed E-state index contributed by atoms with van der Waals surface area (Å²) < 4.78 is 1.65. The Morgan fingerprint density at radius 2 is 1.96 bits per heavy atom. The third-order valence-corrected chi connectivity index (χ3v) is 3.80. The fraction of sp³-hybridized carbons (Fsp3) is 0.278. The van der Waals surface area contributed by atoms with Gasteiger partial charge in [-0.15, -0.1) is 5.10 Å². The van der Waals surface area contributed by atoms with Crippen LogP contribution in [0.3, 0.4) is 0 Å². The first kappa shape index (κ1) is 16.0. The van der Waals surface area contributed by atoms with Crippen molar-refractivity contribution in [3.05, 3.63) is 42.1 Å². The molecule has 0 unspecified atom stereocenters. The maximum absolute atomic E-state index is 12.3. The van der Waals surface area contributed by atoms with Crippen molar-refractivity contribution in [2.24, 2.45) is 5.41 Å². The van der Waals surface area contributed by atoms with Crippen molar-refractivity contribution in [2.45, 2.75) is 27.7 Å². The first-order valence-electron chi connectivity index (χ1n) is 7.78. The van der Waals surface area contributed by atoms with Crippen LogP contribution in [-0.4, -0.2) is 20.5 Å². The van der Waals surface area contributed by atoms with Gasteiger partial charge in [0, 0.05) is 16.7 Å². The minimum atomic E-state index is -0.451. The predicted octanol–water partition coefficient (Wildman–Crippen LogP) is 3.27. The second-order valence-electron chi connectivity index (χ2n) is 6.92. The van der Waals surface area contributed by atoms with Crippen LogP contribution in [0.25, 0.3) is 16.9 Å². The largest absolute Gasteiger partial charge is 0.382 e. The minimum Gasteiger partial charge on any atom is -0.382 e. The number of benzene rings is 1. The van der Waals surface area contributed by atoms with Crippen molar-refractivity contribution in [3.8, 4) is 11.3 Å². The maximum Gasteiger partial charge on any atom is 0.229 e. The highest BCUT2D eigenvalue weighted by molar-refractivity contribution is 5.95. The van der Waals surface area contributed by atoms with E-state index in [0.29, 0.717) is 5.82 Å². The molecule has 0 bridgehead atoms. The topological polar surface area (TPSA) is 85.3 Å². The Labute approximate surface area is 140 Å². The van der Waals surface area contributed by atoms with Gasteiger partial charge in [0.2, 0.25) is 5.91 Å². The number of amides is 1. The summed E-state index contributed by atoms with van der Waals surface area (Å²) in [5.41, 5.74) is 9.45. The number of carbonyl (C=O) groups excluding carboxylic acids is 1. The van der Waals surface area contributed by atoms with Gasteiger partial charge in [-0.3, -0.25) is 4.79 Å². The van der Waals surface area contributed by atoms with Gasteiger partial charge >= 0.3 is 0 Å². The Morgan fingerprint density at radius 3 is 2.67 bits per heavy atom. The Kier molecular flexibility index (Phi) is 3.75. The molecule has 0 fully saturated rings. The smallest absolute Gasteiger partial charge is 0.229 e. The first-order valence-corrected chi connectivity index (χ1v) is 7.78. The molecule has 3 N–H and O–H groups in total. The van der Waals surface area contributed by atoms with Crippen molar-refractivity contribution in [2.75, 3.05) is 11.1 Å². The van der Waals surface area contributed by atoms with Crippen molar-refractivity contribution in [3.63, 3.8) is 0 Å². The van der Waals surface area contributed by atoms with Gasteiger partial charge in [-0.25, -0.2) is 9.50 Å². The van der Waals surface area contributed by atoms with Crippen LogP contribution in [0.5, 0.6) is 0 Å². The molecule has 0 saturated heterocycles. The van der Waals surface area contributed by atoms with Crippen LogP contribution >= 0.6 is 0 Å². The molecule has 24 heavy (non-hydrogen) atoms. The Bertz CT molecular complexity index is 921. The number of nitrogens with one attached hydrogen (secondary N) is 1. The van der Waals surface area contributed by atoms with E-state index in [-0.39, 0.29) is 5.91 Å². The van der Waals surface area contributed by atoms with Crippen molar-refractivity contribution >= 4 is 23.1 Å². The summed E-state index contributed by atoms with van der Waals surface area (Å²) in [4.78, 5) is 16.8. The molecule has 2 heterocycles. The molecule has 2 aromatic heterocycles. The van der Waals surface area contributed by atoms with Gasteiger partial charge in [-0.2, -0.15) is 0 Å². The number of imidazole rings is 1. The van der Waals surface area contributed by atoms with Crippen LogP contribution in [0.4, 0.5) is 11.5 Å². The number of nitrogens with zero attached hydrogens (tertiary/aromatic N) is 3. The molecular formula is C18H21N5O. The highest BCUT2D eigenvalue weighted by atomic mass is 16.2. The Balaban J connectivity index is 1.99. The number of aryl methyl sites for hydroxylation is 1. The monoisotopic (exact) mass is 323 g/mol. The highest BCUT2D eigenvalue weighted by Crippen LogP contribution is 2.26. The van der Waals surface area contributed by atoms with Crippen LogP contribution in [-0.2, 0) is 4.79 Å². The number of nitrogens with two attached hydrogens (primary N) is 1. The maximum atomic E-state index is 12.3. The van der Waals surface area contributed by atoms with Crippen molar-refractivity contribution in [1.29, 1.82) is 0 Å². The second-order valence-corrected chi connectivity index (χ2v) is 6.92. The fourth-order valence-corrected chi connectivity index (χ4v) is 2.26. The number of hydrogen-bond acceptors (Lipinski definition) is 4. The van der Waals surface area contributed by atoms with Crippen LogP contribution in [0.1, 0.15) is 26.3 Å². The molecule has 0 saturated carbocycles. The molecule has 6 nitrogen and oxygen atoms in total. The number of nitrogen functional groups attached to an aromatic ring is 1. The number of carbonyl (C=O) groups is 1. The molecule has 0 atom stereocenters. The molecular weight excluding hydrogens is 302 g/mol. The molecule has 124 valence electrons. The number of rotatable bonds is 2. The average molecular weight is 323 g/mol. The van der Waals surface area contributed by atoms with E-state index < -0.39 is 5.41 Å². The van der Waals surface area contributed by atoms with Crippen molar-refractivity contribution in [1.82, 2.24) is 14.6 Å². The molecule has 0 radical (unpaired) electrons. The first-order chi connectivity index (χ1) is 11.2. The lowest BCUT2D eigenvalue weighted by atomic mass is 9.95. The lowest BCUT2D eigenvalue weighted by Crippen LogP contribution is -2.27. The second kappa shape index (κ2) is 5.63. The lowest BCUT2D eigenvalue weighted by Gasteiger charge is -2.19. The zero-order valence-corrected chi connectivity index (χ0v) is 14.3. The molecule has 1 aromatic carbocycles. The third-order valence-electron chi connectivity index (χ3n) is 3.80. The summed E-state index contributed by atoms with van der Waals surface area (Å²) in [5, 5.41) is 7.20. The lowest BCUT2D eigenvalue weighted by molar-refractivity contribution is -0.123. The van der Waals surface area contributed by atoms with E-state index in [9.17, 15) is 4.79 Å². The molecule has 1 amide bonds. The summed E-state index contributed by atoms with van der Waals surface area (Å²) in [7, 11) is 0. The van der Waals surface area contributed by atoms with Gasteiger partial charge in [-0.05, 0) is 30.7 Å². The minimum absolute atomic E-state index is 0.0211. The molecule has 6 heteroatoms. The van der Waals surface area contributed by atoms with E-state index in [4.69, 9.17) is 5.73 Å². The van der Waals surface area contributed by atoms with Gasteiger partial charge in [0.15, 0.2) is 5.65 Å². The molecule has 3 aromatic rings. The third kappa shape index (κ3) is 3.08. The van der Waals surface area contributed by atoms with Crippen LogP contribution in [0.15, 0.2) is 36.5 Å². The number of hydrogen-bond donors (Lipinski definition) is 2. The molecule has 3 rings (SSSR count). The van der Waals surface area contributed by atoms with Crippen LogP contribution < -0.4 is 11.1 Å². The van der Waals surface area contributed by atoms with E-state index in [1.165, 1.54) is 0 Å². The standard InChI is InChI=1S/C18H21N5O/c1-11-5-6-12(9-13(11)21-17(24)18(2,3)4)14-10-23-16(20-14)8-7-15(19)22-23/h5-10H,1-4H3,(H2,19,22)(H,21,24). The summed E-state index contributed by atoms with van der Waals surface area (Å²) in [5.74, 6) is 0.417. The zero-order valence-electron chi connectivity index (χ0n) is 14.3. The Morgan fingerprint density at radius 1 is 1.21 bits per heavy atom. The number of aromatic nitrogens is 3. The van der Waals surface area contributed by atoms with Gasteiger partial charge < -0.3 is 11.1 Å². The molecule has 0 aliphatic carbocycles. The predicted molar refractivity (Wildman–Crippen MR) is 95.7 cm³/mol. The van der Waals surface area contributed by atoms with Crippen LogP contribution in [0.2, 0.25) is 0 Å². The van der Waals surface area contributed by atoms with E-state index in [1.54, 1.807) is 10.6 Å². The summed E-state index contributed by atoms with van der Waals surface area (Å²) in [6.45, 7) is 7.63. The van der Waals surface area contributed by atoms with Gasteiger partial charge in [-0.1, -0.05) is 32.9 Å². The van der Waals surface area contributed by atoms with E-state index in [0.717, 1.165) is 28.2 Å². The molecule has 0 aliphatic heterocycles. The fourth-order valence-electron chi connectivity index (χ4n) is 2.26. The zero-order chi connectivity index (χ0) is 17.5. The normalized spacial score (nSPS) is 11.7. The van der Waals surface area contributed by atoms with Gasteiger partial charge in [0.25, 0.3) is 0 Å². The number of anilines is 2. The van der Waals surface area contributed by atoms with E-state index in [2.05, 4.69) is 15.4 Å². The SMILES string of the molecule is Cc1ccc(-c2cn3nc(N)ccc3n2)cc1NC(=O)C(C)(C)C. The summed E-state index contributed by atoms with van der Waals surface area (Å²) in [6, 6.07) is 9.43.